The van der Waals surface area contributed by atoms with Gasteiger partial charge in [-0.1, -0.05) is 67.6 Å². The number of likely N-dealkylation sites (tertiary alicyclic amines) is 1. The van der Waals surface area contributed by atoms with Gasteiger partial charge in [0.25, 0.3) is 0 Å². The van der Waals surface area contributed by atoms with Gasteiger partial charge in [-0.05, 0) is 75.8 Å². The van der Waals surface area contributed by atoms with Crippen LogP contribution in [0.4, 0.5) is 0 Å². The minimum atomic E-state index is 0.786. The van der Waals surface area contributed by atoms with Gasteiger partial charge in [0.1, 0.15) is 0 Å². The highest BCUT2D eigenvalue weighted by Gasteiger charge is 2.23. The SMILES string of the molecule is CCCN(CCCc1ccccc1)C1CCN(CCc2ccccc2)CC1. The van der Waals surface area contributed by atoms with E-state index in [2.05, 4.69) is 77.4 Å². The summed E-state index contributed by atoms with van der Waals surface area (Å²) in [4.78, 5) is 5.44. The van der Waals surface area contributed by atoms with Gasteiger partial charge >= 0.3 is 0 Å². The van der Waals surface area contributed by atoms with E-state index in [1.54, 1.807) is 0 Å². The lowest BCUT2D eigenvalue weighted by molar-refractivity contribution is 0.107. The van der Waals surface area contributed by atoms with Crippen molar-refractivity contribution >= 4 is 0 Å². The first-order chi connectivity index (χ1) is 13.3. The van der Waals surface area contributed by atoms with Crippen molar-refractivity contribution in [3.8, 4) is 0 Å². The zero-order chi connectivity index (χ0) is 18.7. The number of hydrogen-bond acceptors (Lipinski definition) is 2. The van der Waals surface area contributed by atoms with Gasteiger partial charge in [-0.15, -0.1) is 0 Å². The van der Waals surface area contributed by atoms with Gasteiger partial charge in [0.2, 0.25) is 0 Å². The number of benzene rings is 2. The summed E-state index contributed by atoms with van der Waals surface area (Å²) in [7, 11) is 0. The maximum atomic E-state index is 2.78. The lowest BCUT2D eigenvalue weighted by atomic mass is 10.0. The van der Waals surface area contributed by atoms with Gasteiger partial charge < -0.3 is 9.80 Å². The third-order valence-electron chi connectivity index (χ3n) is 5.90. The molecule has 2 aromatic carbocycles. The first-order valence-electron chi connectivity index (χ1n) is 10.9. The quantitative estimate of drug-likeness (QED) is 0.583. The molecule has 0 unspecified atom stereocenters. The van der Waals surface area contributed by atoms with E-state index in [9.17, 15) is 0 Å². The third kappa shape index (κ3) is 6.79. The Morgan fingerprint density at radius 1 is 0.815 bits per heavy atom. The molecule has 0 aliphatic carbocycles. The minimum Gasteiger partial charge on any atom is -0.303 e. The summed E-state index contributed by atoms with van der Waals surface area (Å²) in [6.07, 6.45) is 7.59. The number of piperidine rings is 1. The normalized spacial score (nSPS) is 16.1. The van der Waals surface area contributed by atoms with Crippen LogP contribution in [-0.4, -0.2) is 48.6 Å². The topological polar surface area (TPSA) is 6.48 Å². The van der Waals surface area contributed by atoms with E-state index in [4.69, 9.17) is 0 Å². The molecule has 1 heterocycles. The first-order valence-corrected chi connectivity index (χ1v) is 10.9. The Kier molecular flexibility index (Phi) is 8.38. The van der Waals surface area contributed by atoms with E-state index < -0.39 is 0 Å². The van der Waals surface area contributed by atoms with Crippen LogP contribution >= 0.6 is 0 Å². The maximum Gasteiger partial charge on any atom is 0.0120 e. The monoisotopic (exact) mass is 364 g/mol. The highest BCUT2D eigenvalue weighted by molar-refractivity contribution is 5.15. The van der Waals surface area contributed by atoms with Crippen LogP contribution in [0.5, 0.6) is 0 Å². The van der Waals surface area contributed by atoms with Crippen LogP contribution in [-0.2, 0) is 12.8 Å². The number of hydrogen-bond donors (Lipinski definition) is 0. The molecule has 0 bridgehead atoms. The molecule has 1 aliphatic heterocycles. The average molecular weight is 365 g/mol. The fourth-order valence-corrected chi connectivity index (χ4v) is 4.34. The van der Waals surface area contributed by atoms with Gasteiger partial charge in [-0.3, -0.25) is 0 Å². The Morgan fingerprint density at radius 3 is 2.00 bits per heavy atom. The second-order valence-corrected chi connectivity index (χ2v) is 7.93. The number of aryl methyl sites for hydroxylation is 1. The van der Waals surface area contributed by atoms with Crippen LogP contribution in [0.2, 0.25) is 0 Å². The van der Waals surface area contributed by atoms with E-state index >= 15 is 0 Å². The fraction of sp³-hybridized carbons (Fsp3) is 0.520. The average Bonchev–Trinajstić information content (AvgIpc) is 2.74. The Labute approximate surface area is 166 Å². The molecular weight excluding hydrogens is 328 g/mol. The Morgan fingerprint density at radius 2 is 1.41 bits per heavy atom. The van der Waals surface area contributed by atoms with Crippen molar-refractivity contribution in [3.63, 3.8) is 0 Å². The van der Waals surface area contributed by atoms with E-state index in [1.165, 1.54) is 82.4 Å². The van der Waals surface area contributed by atoms with Crippen LogP contribution in [0, 0.1) is 0 Å². The minimum absolute atomic E-state index is 0.786. The van der Waals surface area contributed by atoms with Crippen molar-refractivity contribution in [2.24, 2.45) is 0 Å². The summed E-state index contributed by atoms with van der Waals surface area (Å²) in [5, 5.41) is 0. The second-order valence-electron chi connectivity index (χ2n) is 7.93. The molecule has 0 aromatic heterocycles. The van der Waals surface area contributed by atoms with Crippen molar-refractivity contribution < 1.29 is 0 Å². The van der Waals surface area contributed by atoms with Crippen molar-refractivity contribution in [3.05, 3.63) is 71.8 Å². The van der Waals surface area contributed by atoms with E-state index in [1.807, 2.05) is 0 Å². The summed E-state index contributed by atoms with van der Waals surface area (Å²) >= 11 is 0. The highest BCUT2D eigenvalue weighted by Crippen LogP contribution is 2.18. The molecule has 0 amide bonds. The van der Waals surface area contributed by atoms with Crippen LogP contribution in [0.1, 0.15) is 43.7 Å². The molecule has 2 nitrogen and oxygen atoms in total. The third-order valence-corrected chi connectivity index (χ3v) is 5.90. The highest BCUT2D eigenvalue weighted by atomic mass is 15.2. The van der Waals surface area contributed by atoms with Crippen molar-refractivity contribution in [2.75, 3.05) is 32.7 Å². The molecule has 1 fully saturated rings. The molecular formula is C25H36N2. The molecule has 0 spiro atoms. The zero-order valence-electron chi connectivity index (χ0n) is 17.0. The van der Waals surface area contributed by atoms with E-state index in [0.717, 1.165) is 6.04 Å². The largest absolute Gasteiger partial charge is 0.303 e. The molecule has 0 radical (unpaired) electrons. The molecule has 1 saturated heterocycles. The van der Waals surface area contributed by atoms with Gasteiger partial charge in [0, 0.05) is 12.6 Å². The van der Waals surface area contributed by atoms with Crippen LogP contribution in [0.25, 0.3) is 0 Å². The summed E-state index contributed by atoms with van der Waals surface area (Å²) < 4.78 is 0. The van der Waals surface area contributed by atoms with E-state index in [0.29, 0.717) is 0 Å². The summed E-state index contributed by atoms with van der Waals surface area (Å²) in [5.41, 5.74) is 2.94. The van der Waals surface area contributed by atoms with Crippen LogP contribution in [0.3, 0.4) is 0 Å². The summed E-state index contributed by atoms with van der Waals surface area (Å²) in [6, 6.07) is 22.6. The van der Waals surface area contributed by atoms with Crippen LogP contribution in [0.15, 0.2) is 60.7 Å². The first kappa shape index (κ1) is 20.1. The fourth-order valence-electron chi connectivity index (χ4n) is 4.34. The zero-order valence-corrected chi connectivity index (χ0v) is 17.0. The molecule has 2 aromatic rings. The predicted molar refractivity (Wildman–Crippen MR) is 116 cm³/mol. The summed E-state index contributed by atoms with van der Waals surface area (Å²) in [5.74, 6) is 0. The Balaban J connectivity index is 1.39. The standard InChI is InChI=1S/C25H36N2/c1-2-18-27(19-9-14-23-10-5-3-6-11-23)25-16-21-26(22-17-25)20-15-24-12-7-4-8-13-24/h3-8,10-13,25H,2,9,14-22H2,1H3. The van der Waals surface area contributed by atoms with Gasteiger partial charge in [0.15, 0.2) is 0 Å². The molecule has 0 atom stereocenters. The predicted octanol–water partition coefficient (Wildman–Crippen LogP) is 5.04. The van der Waals surface area contributed by atoms with Crippen LogP contribution < -0.4 is 0 Å². The van der Waals surface area contributed by atoms with Gasteiger partial charge in [-0.2, -0.15) is 0 Å². The molecule has 27 heavy (non-hydrogen) atoms. The molecule has 1 aliphatic rings. The lowest BCUT2D eigenvalue weighted by Crippen LogP contribution is -2.46. The number of rotatable bonds is 10. The second kappa shape index (κ2) is 11.3. The Bertz CT molecular complexity index is 617. The maximum absolute atomic E-state index is 2.78. The molecule has 3 rings (SSSR count). The molecule has 0 N–H and O–H groups in total. The van der Waals surface area contributed by atoms with Gasteiger partial charge in [0.05, 0.1) is 0 Å². The van der Waals surface area contributed by atoms with Crippen molar-refractivity contribution in [1.82, 2.24) is 9.80 Å². The number of nitrogens with zero attached hydrogens (tertiary/aromatic N) is 2. The Hall–Kier alpha value is -1.64. The summed E-state index contributed by atoms with van der Waals surface area (Å²) in [6.45, 7) is 8.55. The van der Waals surface area contributed by atoms with Gasteiger partial charge in [-0.25, -0.2) is 0 Å². The lowest BCUT2D eigenvalue weighted by Gasteiger charge is -2.38. The van der Waals surface area contributed by atoms with Crippen molar-refractivity contribution in [2.45, 2.75) is 51.5 Å². The molecule has 146 valence electrons. The molecule has 0 saturated carbocycles. The van der Waals surface area contributed by atoms with Crippen molar-refractivity contribution in [1.29, 1.82) is 0 Å². The van der Waals surface area contributed by atoms with E-state index in [-0.39, 0.29) is 0 Å². The smallest absolute Gasteiger partial charge is 0.0120 e. The molecule has 2 heteroatoms.